The molecule has 1 heterocycles. The van der Waals surface area contributed by atoms with E-state index in [1.807, 2.05) is 31.2 Å². The Balaban J connectivity index is 2.31. The number of para-hydroxylation sites is 1. The molecule has 0 spiro atoms. The molecule has 10 nitrogen and oxygen atoms in total. The number of hydrogen-bond donors (Lipinski definition) is 7. The molecule has 0 saturated heterocycles. The van der Waals surface area contributed by atoms with E-state index in [-0.39, 0.29) is 24.0 Å². The molecule has 0 saturated carbocycles. The Hall–Kier alpha value is -3.05. The molecule has 0 aliphatic heterocycles. The Morgan fingerprint density at radius 1 is 1.00 bits per heavy atom. The number of H-pyrrole nitrogens is 1. The number of benzene rings is 1. The molecule has 5 atom stereocenters. The number of nitrogens with two attached hydrogens (primary N) is 1. The monoisotopic (exact) mass is 519 g/mol. The fraction of sp³-hybridized carbons (Fsp3) is 0.520. The Morgan fingerprint density at radius 3 is 2.22 bits per heavy atom. The second-order valence-corrected chi connectivity index (χ2v) is 9.72. The van der Waals surface area contributed by atoms with E-state index in [9.17, 15) is 24.3 Å². The number of nitrogens with one attached hydrogen (secondary N) is 4. The van der Waals surface area contributed by atoms with Crippen molar-refractivity contribution >= 4 is 47.2 Å². The number of aliphatic carboxylic acids is 1. The van der Waals surface area contributed by atoms with E-state index in [4.69, 9.17) is 5.73 Å². The van der Waals surface area contributed by atoms with Gasteiger partial charge in [0.15, 0.2) is 0 Å². The Morgan fingerprint density at radius 2 is 1.64 bits per heavy atom. The molecule has 1 aromatic heterocycles. The number of carboxylic acids is 1. The third-order valence-corrected chi connectivity index (χ3v) is 6.68. The molecule has 0 aliphatic rings. The summed E-state index contributed by atoms with van der Waals surface area (Å²) in [5, 5.41) is 18.3. The van der Waals surface area contributed by atoms with Gasteiger partial charge in [0.2, 0.25) is 17.7 Å². The number of fused-ring (bicyclic) bond motifs is 1. The van der Waals surface area contributed by atoms with Gasteiger partial charge in [-0.2, -0.15) is 12.6 Å². The van der Waals surface area contributed by atoms with Crippen molar-refractivity contribution in [2.45, 2.75) is 64.7 Å². The second-order valence-electron chi connectivity index (χ2n) is 9.35. The van der Waals surface area contributed by atoms with Crippen LogP contribution in [0, 0.1) is 11.8 Å². The highest BCUT2D eigenvalue weighted by atomic mass is 32.1. The lowest BCUT2D eigenvalue weighted by atomic mass is 9.95. The number of carbonyl (C=O) groups excluding carboxylic acids is 3. The summed E-state index contributed by atoms with van der Waals surface area (Å²) >= 11 is 4.06. The molecule has 5 unspecified atom stereocenters. The minimum Gasteiger partial charge on any atom is -0.480 e. The van der Waals surface area contributed by atoms with Gasteiger partial charge >= 0.3 is 5.97 Å². The molecular formula is C25H37N5O5S. The van der Waals surface area contributed by atoms with E-state index in [0.29, 0.717) is 6.42 Å². The molecule has 2 aromatic rings. The number of carboxylic acid groups (broad SMARTS) is 1. The van der Waals surface area contributed by atoms with Gasteiger partial charge in [-0.1, -0.05) is 52.3 Å². The summed E-state index contributed by atoms with van der Waals surface area (Å²) in [5.74, 6) is -3.41. The zero-order valence-electron chi connectivity index (χ0n) is 21.1. The lowest BCUT2D eigenvalue weighted by Gasteiger charge is -2.28. The lowest BCUT2D eigenvalue weighted by molar-refractivity contribution is -0.144. The van der Waals surface area contributed by atoms with Gasteiger partial charge in [0.1, 0.15) is 18.1 Å². The van der Waals surface area contributed by atoms with Gasteiger partial charge in [-0.15, -0.1) is 0 Å². The molecule has 7 N–H and O–H groups in total. The molecule has 0 aliphatic carbocycles. The summed E-state index contributed by atoms with van der Waals surface area (Å²) in [6.45, 7) is 7.03. The van der Waals surface area contributed by atoms with E-state index in [1.165, 1.54) is 0 Å². The van der Waals surface area contributed by atoms with Crippen molar-refractivity contribution in [3.8, 4) is 0 Å². The van der Waals surface area contributed by atoms with E-state index in [2.05, 4.69) is 33.6 Å². The van der Waals surface area contributed by atoms with Crippen LogP contribution in [0.3, 0.4) is 0 Å². The van der Waals surface area contributed by atoms with E-state index >= 15 is 0 Å². The molecule has 36 heavy (non-hydrogen) atoms. The van der Waals surface area contributed by atoms with Crippen LogP contribution in [-0.2, 0) is 25.6 Å². The van der Waals surface area contributed by atoms with Crippen LogP contribution in [0.2, 0.25) is 0 Å². The van der Waals surface area contributed by atoms with Gasteiger partial charge in [-0.25, -0.2) is 4.79 Å². The smallest absolute Gasteiger partial charge is 0.326 e. The fourth-order valence-electron chi connectivity index (χ4n) is 3.80. The third-order valence-electron chi connectivity index (χ3n) is 6.29. The maximum Gasteiger partial charge on any atom is 0.326 e. The topological polar surface area (TPSA) is 166 Å². The van der Waals surface area contributed by atoms with E-state index in [1.54, 1.807) is 27.0 Å². The minimum absolute atomic E-state index is 0.0942. The molecular weight excluding hydrogens is 482 g/mol. The maximum atomic E-state index is 13.4. The van der Waals surface area contributed by atoms with Crippen molar-refractivity contribution in [3.63, 3.8) is 0 Å². The van der Waals surface area contributed by atoms with Crippen molar-refractivity contribution in [1.29, 1.82) is 0 Å². The van der Waals surface area contributed by atoms with Crippen LogP contribution >= 0.6 is 12.6 Å². The Kier molecular flexibility index (Phi) is 10.8. The summed E-state index contributed by atoms with van der Waals surface area (Å²) in [5.41, 5.74) is 7.50. The van der Waals surface area contributed by atoms with Gasteiger partial charge in [-0.3, -0.25) is 14.4 Å². The van der Waals surface area contributed by atoms with Crippen molar-refractivity contribution in [3.05, 3.63) is 36.0 Å². The Labute approximate surface area is 216 Å². The van der Waals surface area contributed by atoms with E-state index in [0.717, 1.165) is 16.5 Å². The summed E-state index contributed by atoms with van der Waals surface area (Å²) in [4.78, 5) is 53.8. The first kappa shape index (κ1) is 29.2. The third kappa shape index (κ3) is 7.47. The van der Waals surface area contributed by atoms with Crippen LogP contribution < -0.4 is 21.7 Å². The van der Waals surface area contributed by atoms with Gasteiger partial charge in [0.25, 0.3) is 0 Å². The lowest BCUT2D eigenvalue weighted by Crippen LogP contribution is -2.59. The highest BCUT2D eigenvalue weighted by molar-refractivity contribution is 7.80. The number of rotatable bonds is 13. The van der Waals surface area contributed by atoms with Crippen LogP contribution in [-0.4, -0.2) is 63.7 Å². The molecule has 1 aromatic carbocycles. The normalized spacial score (nSPS) is 15.5. The average molecular weight is 520 g/mol. The summed E-state index contributed by atoms with van der Waals surface area (Å²) in [6.07, 6.45) is 2.48. The predicted molar refractivity (Wildman–Crippen MR) is 142 cm³/mol. The molecule has 0 fully saturated rings. The fourth-order valence-corrected chi connectivity index (χ4v) is 3.97. The van der Waals surface area contributed by atoms with Crippen LogP contribution in [0.25, 0.3) is 10.9 Å². The van der Waals surface area contributed by atoms with Gasteiger partial charge in [-0.05, 0) is 23.5 Å². The highest BCUT2D eigenvalue weighted by Gasteiger charge is 2.33. The van der Waals surface area contributed by atoms with Crippen molar-refractivity contribution in [1.82, 2.24) is 20.9 Å². The number of aromatic nitrogens is 1. The summed E-state index contributed by atoms with van der Waals surface area (Å²) in [7, 11) is 0. The number of amides is 3. The number of thiol groups is 1. The Bertz CT molecular complexity index is 1070. The van der Waals surface area contributed by atoms with Crippen LogP contribution in [0.1, 0.15) is 39.7 Å². The highest BCUT2D eigenvalue weighted by Crippen LogP contribution is 2.20. The van der Waals surface area contributed by atoms with Crippen molar-refractivity contribution < 1.29 is 24.3 Å². The molecule has 0 bridgehead atoms. The average Bonchev–Trinajstić information content (AvgIpc) is 3.26. The molecule has 3 amide bonds. The van der Waals surface area contributed by atoms with Crippen molar-refractivity contribution in [2.24, 2.45) is 17.6 Å². The first-order valence-corrected chi connectivity index (χ1v) is 12.7. The minimum atomic E-state index is -1.15. The first-order chi connectivity index (χ1) is 17.0. The van der Waals surface area contributed by atoms with Crippen molar-refractivity contribution in [2.75, 3.05) is 5.75 Å². The SMILES string of the molecule is CCC(C)C(NC(=O)C(Cc1c[nH]c2ccccc12)NC(=O)C(N)CS)C(=O)NC(C(=O)O)C(C)C. The summed E-state index contributed by atoms with van der Waals surface area (Å²) in [6, 6.07) is 3.54. The maximum absolute atomic E-state index is 13.4. The quantitative estimate of drug-likeness (QED) is 0.196. The van der Waals surface area contributed by atoms with Crippen LogP contribution in [0.4, 0.5) is 0 Å². The number of aromatic amines is 1. The standard InChI is InChI=1S/C25H37N5O5S/c1-5-14(4)21(24(33)29-20(13(2)3)25(34)35)30-23(32)19(28-22(31)17(26)12-36)10-15-11-27-18-9-7-6-8-16(15)18/h6-9,11,13-14,17,19-21,27,36H,5,10,12,26H2,1-4H3,(H,28,31)(H,29,33)(H,30,32)(H,34,35). The molecule has 0 radical (unpaired) electrons. The van der Waals surface area contributed by atoms with Gasteiger partial charge in [0.05, 0.1) is 6.04 Å². The van der Waals surface area contributed by atoms with Crippen LogP contribution in [0.15, 0.2) is 30.5 Å². The number of carbonyl (C=O) groups is 4. The second kappa shape index (κ2) is 13.3. The van der Waals surface area contributed by atoms with Gasteiger partial charge < -0.3 is 31.8 Å². The number of hydrogen-bond acceptors (Lipinski definition) is 6. The molecule has 2 rings (SSSR count). The molecule has 11 heteroatoms. The van der Waals surface area contributed by atoms with Crippen LogP contribution in [0.5, 0.6) is 0 Å². The zero-order valence-corrected chi connectivity index (χ0v) is 22.0. The van der Waals surface area contributed by atoms with Gasteiger partial charge in [0, 0.05) is 29.3 Å². The molecule has 198 valence electrons. The first-order valence-electron chi connectivity index (χ1n) is 12.0. The predicted octanol–water partition coefficient (Wildman–Crippen LogP) is 1.21. The largest absolute Gasteiger partial charge is 0.480 e. The van der Waals surface area contributed by atoms with E-state index < -0.39 is 47.9 Å². The zero-order chi connectivity index (χ0) is 27.0. The summed E-state index contributed by atoms with van der Waals surface area (Å²) < 4.78 is 0.